The van der Waals surface area contributed by atoms with Crippen molar-refractivity contribution in [1.29, 1.82) is 0 Å². The highest BCUT2D eigenvalue weighted by Gasteiger charge is 2.37. The van der Waals surface area contributed by atoms with E-state index in [1.165, 1.54) is 4.90 Å². The number of hydrogen-bond donors (Lipinski definition) is 0. The minimum Gasteiger partial charge on any atom is -0.444 e. The average molecular weight is 419 g/mol. The quantitative estimate of drug-likeness (QED) is 0.650. The Hall–Kier alpha value is -1.47. The monoisotopic (exact) mass is 418 g/mol. The van der Waals surface area contributed by atoms with Crippen molar-refractivity contribution in [2.24, 2.45) is 0 Å². The number of hydrogen-bond acceptors (Lipinski definition) is 3. The van der Waals surface area contributed by atoms with Crippen LogP contribution in [-0.2, 0) is 17.7 Å². The van der Waals surface area contributed by atoms with E-state index in [1.807, 2.05) is 26.8 Å². The maximum Gasteiger partial charge on any atom is 0.410 e. The molecule has 28 heavy (non-hydrogen) atoms. The van der Waals surface area contributed by atoms with Gasteiger partial charge in [0.25, 0.3) is 0 Å². The number of halogens is 4. The fourth-order valence-corrected chi connectivity index (χ4v) is 4.32. The summed E-state index contributed by atoms with van der Waals surface area (Å²) in [6.45, 7) is 5.69. The molecule has 2 aliphatic rings. The number of fused-ring (bicyclic) bond motifs is 1. The summed E-state index contributed by atoms with van der Waals surface area (Å²) < 4.78 is 43.9. The van der Waals surface area contributed by atoms with Gasteiger partial charge in [0.05, 0.1) is 12.6 Å². The van der Waals surface area contributed by atoms with Crippen molar-refractivity contribution in [3.63, 3.8) is 0 Å². The molecule has 3 rings (SSSR count). The smallest absolute Gasteiger partial charge is 0.410 e. The Morgan fingerprint density at radius 2 is 1.96 bits per heavy atom. The molecule has 0 bridgehead atoms. The van der Waals surface area contributed by atoms with Gasteiger partial charge in [0, 0.05) is 24.7 Å². The van der Waals surface area contributed by atoms with Crippen molar-refractivity contribution in [1.82, 2.24) is 9.80 Å². The second kappa shape index (κ2) is 7.75. The molecule has 1 unspecified atom stereocenters. The largest absolute Gasteiger partial charge is 0.444 e. The molecule has 1 fully saturated rings. The topological polar surface area (TPSA) is 32.8 Å². The summed E-state index contributed by atoms with van der Waals surface area (Å²) in [7, 11) is 0. The van der Waals surface area contributed by atoms with Crippen LogP contribution in [0.2, 0.25) is 5.02 Å². The number of likely N-dealkylation sites (tertiary alicyclic amines) is 1. The number of ether oxygens (including phenoxy) is 1. The Morgan fingerprint density at radius 1 is 1.25 bits per heavy atom. The Kier molecular flexibility index (Phi) is 5.88. The first-order chi connectivity index (χ1) is 12.9. The average Bonchev–Trinajstić information content (AvgIpc) is 3.00. The van der Waals surface area contributed by atoms with Crippen LogP contribution in [0.4, 0.5) is 18.0 Å². The van der Waals surface area contributed by atoms with E-state index in [0.717, 1.165) is 29.5 Å². The third-order valence-electron chi connectivity index (χ3n) is 5.06. The van der Waals surface area contributed by atoms with Crippen molar-refractivity contribution in [2.75, 3.05) is 19.6 Å². The third kappa shape index (κ3) is 5.11. The molecule has 4 nitrogen and oxygen atoms in total. The lowest BCUT2D eigenvalue weighted by molar-refractivity contribution is -0.147. The molecule has 0 spiro atoms. The van der Waals surface area contributed by atoms with Gasteiger partial charge in [-0.05, 0) is 68.9 Å². The molecular formula is C20H26ClF3N2O2. The highest BCUT2D eigenvalue weighted by atomic mass is 35.5. The molecule has 2 heterocycles. The van der Waals surface area contributed by atoms with Crippen LogP contribution in [0.5, 0.6) is 0 Å². The van der Waals surface area contributed by atoms with E-state index >= 15 is 0 Å². The van der Waals surface area contributed by atoms with Crippen LogP contribution in [0.1, 0.15) is 56.3 Å². The molecule has 8 heteroatoms. The number of carbonyl (C=O) groups excluding carboxylic acids is 1. The van der Waals surface area contributed by atoms with Gasteiger partial charge in [-0.25, -0.2) is 4.79 Å². The minimum absolute atomic E-state index is 0.156. The van der Waals surface area contributed by atoms with Crippen LogP contribution in [-0.4, -0.2) is 47.3 Å². The standard InChI is InChI=1S/C20H26ClF3N2O2/c1-19(2,3)28-18(27)26-7-4-5-17(26)16-10-14(21)9-13-11-25(8-6-15(13)16)12-20(22,23)24/h9-10,17H,4-8,11-12H2,1-3H3. The molecule has 0 N–H and O–H groups in total. The molecule has 1 saturated heterocycles. The van der Waals surface area contributed by atoms with Gasteiger partial charge < -0.3 is 9.64 Å². The Labute approximate surface area is 168 Å². The van der Waals surface area contributed by atoms with E-state index < -0.39 is 18.3 Å². The van der Waals surface area contributed by atoms with E-state index in [4.69, 9.17) is 16.3 Å². The van der Waals surface area contributed by atoms with Crippen LogP contribution in [0, 0.1) is 0 Å². The van der Waals surface area contributed by atoms with Gasteiger partial charge in [-0.3, -0.25) is 4.90 Å². The molecule has 1 aromatic carbocycles. The van der Waals surface area contributed by atoms with Gasteiger partial charge in [0.1, 0.15) is 5.60 Å². The second-order valence-corrected chi connectivity index (χ2v) is 8.98. The molecular weight excluding hydrogens is 393 g/mol. The van der Waals surface area contributed by atoms with E-state index in [-0.39, 0.29) is 18.7 Å². The van der Waals surface area contributed by atoms with Crippen molar-refractivity contribution >= 4 is 17.7 Å². The molecule has 0 saturated carbocycles. The summed E-state index contributed by atoms with van der Waals surface area (Å²) in [5.74, 6) is 0. The van der Waals surface area contributed by atoms with Crippen LogP contribution < -0.4 is 0 Å². The first kappa shape index (κ1) is 21.2. The zero-order valence-corrected chi connectivity index (χ0v) is 17.2. The minimum atomic E-state index is -4.22. The fourth-order valence-electron chi connectivity index (χ4n) is 4.07. The summed E-state index contributed by atoms with van der Waals surface area (Å²) in [6, 6.07) is 3.44. The SMILES string of the molecule is CC(C)(C)OC(=O)N1CCCC1c1cc(Cl)cc2c1CCN(CC(F)(F)F)C2. The molecule has 0 radical (unpaired) electrons. The Balaban J connectivity index is 1.86. The molecule has 1 atom stereocenters. The van der Waals surface area contributed by atoms with Gasteiger partial charge >= 0.3 is 12.3 Å². The first-order valence-electron chi connectivity index (χ1n) is 9.53. The molecule has 0 aromatic heterocycles. The summed E-state index contributed by atoms with van der Waals surface area (Å²) in [5.41, 5.74) is 2.19. The number of amides is 1. The lowest BCUT2D eigenvalue weighted by atomic mass is 9.90. The Bertz CT molecular complexity index is 746. The number of benzene rings is 1. The van der Waals surface area contributed by atoms with Gasteiger partial charge in [-0.2, -0.15) is 13.2 Å². The van der Waals surface area contributed by atoms with Crippen molar-refractivity contribution in [3.8, 4) is 0 Å². The summed E-state index contributed by atoms with van der Waals surface area (Å²) in [4.78, 5) is 15.8. The predicted octanol–water partition coefficient (Wildman–Crippen LogP) is 5.33. The van der Waals surface area contributed by atoms with Gasteiger partial charge in [0.15, 0.2) is 0 Å². The summed E-state index contributed by atoms with van der Waals surface area (Å²) >= 11 is 6.30. The number of rotatable bonds is 2. The Morgan fingerprint density at radius 3 is 2.61 bits per heavy atom. The maximum absolute atomic E-state index is 12.8. The van der Waals surface area contributed by atoms with E-state index in [9.17, 15) is 18.0 Å². The molecule has 156 valence electrons. The van der Waals surface area contributed by atoms with Crippen LogP contribution >= 0.6 is 11.6 Å². The summed E-state index contributed by atoms with van der Waals surface area (Å²) in [5, 5.41) is 0.485. The molecule has 2 aliphatic heterocycles. The van der Waals surface area contributed by atoms with Crippen molar-refractivity contribution in [2.45, 2.75) is 64.4 Å². The van der Waals surface area contributed by atoms with Crippen LogP contribution in [0.3, 0.4) is 0 Å². The van der Waals surface area contributed by atoms with Gasteiger partial charge in [-0.15, -0.1) is 0 Å². The predicted molar refractivity (Wildman–Crippen MR) is 101 cm³/mol. The van der Waals surface area contributed by atoms with Crippen LogP contribution in [0.15, 0.2) is 12.1 Å². The van der Waals surface area contributed by atoms with Crippen LogP contribution in [0.25, 0.3) is 0 Å². The lowest BCUT2D eigenvalue weighted by Crippen LogP contribution is -2.39. The van der Waals surface area contributed by atoms with E-state index in [2.05, 4.69) is 0 Å². The maximum atomic E-state index is 12.8. The second-order valence-electron chi connectivity index (χ2n) is 8.54. The van der Waals surface area contributed by atoms with Crippen molar-refractivity contribution in [3.05, 3.63) is 33.8 Å². The van der Waals surface area contributed by atoms with E-state index in [0.29, 0.717) is 24.5 Å². The lowest BCUT2D eigenvalue weighted by Gasteiger charge is -2.34. The molecule has 1 amide bonds. The van der Waals surface area contributed by atoms with Crippen molar-refractivity contribution < 1.29 is 22.7 Å². The third-order valence-corrected chi connectivity index (χ3v) is 5.27. The number of alkyl halides is 3. The molecule has 1 aromatic rings. The van der Waals surface area contributed by atoms with E-state index in [1.54, 1.807) is 11.0 Å². The van der Waals surface area contributed by atoms with Gasteiger partial charge in [-0.1, -0.05) is 11.6 Å². The highest BCUT2D eigenvalue weighted by Crippen LogP contribution is 2.39. The number of nitrogens with zero attached hydrogens (tertiary/aromatic N) is 2. The number of carbonyl (C=O) groups is 1. The fraction of sp³-hybridized carbons (Fsp3) is 0.650. The zero-order valence-electron chi connectivity index (χ0n) is 16.4. The first-order valence-corrected chi connectivity index (χ1v) is 9.91. The zero-order chi connectivity index (χ0) is 20.7. The highest BCUT2D eigenvalue weighted by molar-refractivity contribution is 6.30. The molecule has 0 aliphatic carbocycles. The summed E-state index contributed by atoms with van der Waals surface area (Å²) in [6.07, 6.45) is -2.43. The van der Waals surface area contributed by atoms with Gasteiger partial charge in [0.2, 0.25) is 0 Å². The normalized spacial score (nSPS) is 21.0.